The molecule has 0 aliphatic heterocycles. The summed E-state index contributed by atoms with van der Waals surface area (Å²) in [6, 6.07) is 5.22. The molecule has 88 valence electrons. The molecule has 1 fully saturated rings. The summed E-state index contributed by atoms with van der Waals surface area (Å²) >= 11 is 0. The summed E-state index contributed by atoms with van der Waals surface area (Å²) in [5.74, 6) is 0.883. The fraction of sp³-hybridized carbons (Fsp3) is 0.538. The van der Waals surface area contributed by atoms with E-state index in [0.29, 0.717) is 12.2 Å². The van der Waals surface area contributed by atoms with Crippen LogP contribution in [0.15, 0.2) is 18.2 Å². The first-order valence-corrected chi connectivity index (χ1v) is 5.70. The minimum absolute atomic E-state index is 0.0643. The predicted octanol–water partition coefficient (Wildman–Crippen LogP) is 2.25. The highest BCUT2D eigenvalue weighted by molar-refractivity contribution is 5.45. The average molecular weight is 222 g/mol. The lowest BCUT2D eigenvalue weighted by Crippen LogP contribution is -2.14. The Bertz CT molecular complexity index is 381. The number of ether oxygens (including phenoxy) is 1. The molecule has 1 aromatic rings. The monoisotopic (exact) mass is 222 g/mol. The van der Waals surface area contributed by atoms with Crippen molar-refractivity contribution in [1.29, 1.82) is 0 Å². The Morgan fingerprint density at radius 2 is 2.06 bits per heavy atom. The van der Waals surface area contributed by atoms with Gasteiger partial charge in [0.15, 0.2) is 0 Å². The quantitative estimate of drug-likeness (QED) is 0.821. The molecular formula is C13H18O3. The fourth-order valence-corrected chi connectivity index (χ4v) is 1.75. The maximum atomic E-state index is 9.90. The highest BCUT2D eigenvalue weighted by Crippen LogP contribution is 2.42. The van der Waals surface area contributed by atoms with Crippen molar-refractivity contribution in [2.45, 2.75) is 44.8 Å². The third-order valence-electron chi connectivity index (χ3n) is 2.80. The number of aliphatic hydroxyl groups is 1. The maximum Gasteiger partial charge on any atom is 0.126 e. The molecule has 1 aliphatic rings. The Hall–Kier alpha value is -1.22. The second-order valence-corrected chi connectivity index (χ2v) is 4.82. The van der Waals surface area contributed by atoms with Crippen LogP contribution in [0.25, 0.3) is 0 Å². The molecule has 2 N–H and O–H groups in total. The highest BCUT2D eigenvalue weighted by Gasteiger charge is 2.41. The van der Waals surface area contributed by atoms with Gasteiger partial charge in [-0.25, -0.2) is 0 Å². The number of hydrogen-bond donors (Lipinski definition) is 2. The number of benzene rings is 1. The van der Waals surface area contributed by atoms with Gasteiger partial charge in [-0.1, -0.05) is 6.07 Å². The van der Waals surface area contributed by atoms with Gasteiger partial charge in [0, 0.05) is 12.0 Å². The Kier molecular flexibility index (Phi) is 2.80. The molecule has 0 spiro atoms. The van der Waals surface area contributed by atoms with Gasteiger partial charge >= 0.3 is 0 Å². The van der Waals surface area contributed by atoms with Crippen molar-refractivity contribution in [3.05, 3.63) is 23.8 Å². The minimum Gasteiger partial charge on any atom is -0.508 e. The van der Waals surface area contributed by atoms with E-state index < -0.39 is 5.60 Å². The van der Waals surface area contributed by atoms with Crippen LogP contribution in [0.1, 0.15) is 32.3 Å². The van der Waals surface area contributed by atoms with E-state index in [0.717, 1.165) is 18.4 Å². The summed E-state index contributed by atoms with van der Waals surface area (Å²) in [7, 11) is 0. The number of phenolic OH excluding ortho intramolecular Hbond substituents is 1. The van der Waals surface area contributed by atoms with Crippen LogP contribution in [0.2, 0.25) is 0 Å². The van der Waals surface area contributed by atoms with Gasteiger partial charge in [0.1, 0.15) is 11.5 Å². The first kappa shape index (κ1) is 11.3. The van der Waals surface area contributed by atoms with Crippen molar-refractivity contribution in [3.8, 4) is 11.5 Å². The van der Waals surface area contributed by atoms with Gasteiger partial charge < -0.3 is 14.9 Å². The lowest BCUT2D eigenvalue weighted by molar-refractivity contribution is 0.147. The van der Waals surface area contributed by atoms with Crippen molar-refractivity contribution in [2.75, 3.05) is 0 Å². The first-order chi connectivity index (χ1) is 7.50. The van der Waals surface area contributed by atoms with Crippen LogP contribution in [-0.4, -0.2) is 21.9 Å². The molecular weight excluding hydrogens is 204 g/mol. The number of rotatable bonds is 4. The third-order valence-corrected chi connectivity index (χ3v) is 2.80. The predicted molar refractivity (Wildman–Crippen MR) is 61.8 cm³/mol. The molecule has 0 atom stereocenters. The van der Waals surface area contributed by atoms with Crippen molar-refractivity contribution in [2.24, 2.45) is 0 Å². The van der Waals surface area contributed by atoms with E-state index in [2.05, 4.69) is 0 Å². The van der Waals surface area contributed by atoms with Crippen LogP contribution < -0.4 is 4.74 Å². The fourth-order valence-electron chi connectivity index (χ4n) is 1.75. The van der Waals surface area contributed by atoms with Gasteiger partial charge in [0.2, 0.25) is 0 Å². The van der Waals surface area contributed by atoms with Crippen molar-refractivity contribution in [3.63, 3.8) is 0 Å². The molecule has 0 aromatic heterocycles. The summed E-state index contributed by atoms with van der Waals surface area (Å²) in [4.78, 5) is 0. The Morgan fingerprint density at radius 1 is 1.38 bits per heavy atom. The molecule has 1 saturated carbocycles. The van der Waals surface area contributed by atoms with Gasteiger partial charge in [-0.2, -0.15) is 0 Å². The minimum atomic E-state index is -0.617. The van der Waals surface area contributed by atoms with E-state index in [1.165, 1.54) is 0 Å². The van der Waals surface area contributed by atoms with Crippen LogP contribution in [-0.2, 0) is 6.42 Å². The topological polar surface area (TPSA) is 49.7 Å². The largest absolute Gasteiger partial charge is 0.508 e. The summed E-state index contributed by atoms with van der Waals surface area (Å²) in [5, 5.41) is 19.7. The molecule has 0 saturated heterocycles. The molecule has 0 unspecified atom stereocenters. The Balaban J connectivity index is 2.25. The lowest BCUT2D eigenvalue weighted by atomic mass is 10.0. The van der Waals surface area contributed by atoms with E-state index in [4.69, 9.17) is 4.74 Å². The normalized spacial score (nSPS) is 17.5. The molecule has 1 aliphatic carbocycles. The van der Waals surface area contributed by atoms with Gasteiger partial charge in [-0.15, -0.1) is 0 Å². The van der Waals surface area contributed by atoms with Crippen molar-refractivity contribution in [1.82, 2.24) is 0 Å². The van der Waals surface area contributed by atoms with Crippen molar-refractivity contribution < 1.29 is 14.9 Å². The van der Waals surface area contributed by atoms with E-state index in [-0.39, 0.29) is 11.9 Å². The highest BCUT2D eigenvalue weighted by atomic mass is 16.5. The third kappa shape index (κ3) is 2.47. The van der Waals surface area contributed by atoms with E-state index >= 15 is 0 Å². The van der Waals surface area contributed by atoms with Crippen LogP contribution >= 0.6 is 0 Å². The Morgan fingerprint density at radius 3 is 2.62 bits per heavy atom. The molecule has 1 aromatic carbocycles. The van der Waals surface area contributed by atoms with Crippen LogP contribution in [0.5, 0.6) is 11.5 Å². The van der Waals surface area contributed by atoms with Gasteiger partial charge in [-0.3, -0.25) is 0 Å². The second-order valence-electron chi connectivity index (χ2n) is 4.82. The summed E-state index contributed by atoms with van der Waals surface area (Å²) < 4.78 is 5.63. The standard InChI is InChI=1S/C13H18O3/c1-9(2)16-12-5-3-4-11(14)10(12)8-13(15)6-7-13/h3-5,9,14-15H,6-8H2,1-2H3. The lowest BCUT2D eigenvalue weighted by Gasteiger charge is -2.17. The molecule has 2 rings (SSSR count). The van der Waals surface area contributed by atoms with E-state index in [1.807, 2.05) is 19.9 Å². The van der Waals surface area contributed by atoms with Gasteiger partial charge in [0.25, 0.3) is 0 Å². The molecule has 16 heavy (non-hydrogen) atoms. The van der Waals surface area contributed by atoms with Crippen molar-refractivity contribution >= 4 is 0 Å². The van der Waals surface area contributed by atoms with E-state index in [9.17, 15) is 10.2 Å². The molecule has 0 radical (unpaired) electrons. The summed E-state index contributed by atoms with van der Waals surface area (Å²) in [5.41, 5.74) is 0.102. The van der Waals surface area contributed by atoms with Gasteiger partial charge in [0.05, 0.1) is 11.7 Å². The zero-order valence-electron chi connectivity index (χ0n) is 9.73. The number of hydrogen-bond acceptors (Lipinski definition) is 3. The maximum absolute atomic E-state index is 9.90. The SMILES string of the molecule is CC(C)Oc1cccc(O)c1CC1(O)CC1. The van der Waals surface area contributed by atoms with Crippen LogP contribution in [0.4, 0.5) is 0 Å². The smallest absolute Gasteiger partial charge is 0.126 e. The van der Waals surface area contributed by atoms with Gasteiger partial charge in [-0.05, 0) is 38.8 Å². The first-order valence-electron chi connectivity index (χ1n) is 5.70. The summed E-state index contributed by atoms with van der Waals surface area (Å²) in [6.45, 7) is 3.89. The molecule has 3 heteroatoms. The van der Waals surface area contributed by atoms with Crippen LogP contribution in [0, 0.1) is 0 Å². The molecule has 0 amide bonds. The average Bonchev–Trinajstić information content (AvgIpc) is 2.90. The second kappa shape index (κ2) is 3.98. The summed E-state index contributed by atoms with van der Waals surface area (Å²) in [6.07, 6.45) is 2.15. The Labute approximate surface area is 95.7 Å². The molecule has 0 heterocycles. The zero-order chi connectivity index (χ0) is 11.8. The molecule has 3 nitrogen and oxygen atoms in total. The zero-order valence-corrected chi connectivity index (χ0v) is 9.73. The van der Waals surface area contributed by atoms with E-state index in [1.54, 1.807) is 12.1 Å². The number of aromatic hydroxyl groups is 1. The van der Waals surface area contributed by atoms with Crippen LogP contribution in [0.3, 0.4) is 0 Å². The number of phenols is 1. The molecule has 0 bridgehead atoms.